The standard InChI is InChI=1S/C18H26N6O/c1-2-10-23(13-18(7-1)8-9-19-12-18)16-6-5-15-20-21-17(24(15)22-16)14-4-3-11-25-14/h5-6,14,19H,1-4,7-13H2. The lowest BCUT2D eigenvalue weighted by Gasteiger charge is -2.32. The molecule has 3 aliphatic rings. The largest absolute Gasteiger partial charge is 0.370 e. The Bertz CT molecular complexity index is 747. The first-order chi connectivity index (χ1) is 12.3. The molecule has 0 aliphatic carbocycles. The Morgan fingerprint density at radius 2 is 2.16 bits per heavy atom. The summed E-state index contributed by atoms with van der Waals surface area (Å²) in [5.74, 6) is 1.89. The van der Waals surface area contributed by atoms with E-state index in [1.807, 2.05) is 10.6 Å². The van der Waals surface area contributed by atoms with Crippen LogP contribution in [0.15, 0.2) is 12.1 Å². The molecule has 2 atom stereocenters. The van der Waals surface area contributed by atoms with Crippen LogP contribution in [0, 0.1) is 5.41 Å². The van der Waals surface area contributed by atoms with Gasteiger partial charge in [-0.1, -0.05) is 6.42 Å². The summed E-state index contributed by atoms with van der Waals surface area (Å²) in [4.78, 5) is 2.47. The van der Waals surface area contributed by atoms with Gasteiger partial charge in [0.15, 0.2) is 11.5 Å². The number of fused-ring (bicyclic) bond motifs is 1. The molecule has 7 nitrogen and oxygen atoms in total. The van der Waals surface area contributed by atoms with Gasteiger partial charge in [-0.3, -0.25) is 0 Å². The molecular formula is C18H26N6O. The van der Waals surface area contributed by atoms with Crippen molar-refractivity contribution in [3.8, 4) is 0 Å². The van der Waals surface area contributed by atoms with E-state index < -0.39 is 0 Å². The number of ether oxygens (including phenoxy) is 1. The SMILES string of the molecule is c1cc2nnc(C3CCCO3)n2nc1N1CCCCC2(CCNC2)C1. The Morgan fingerprint density at radius 1 is 1.16 bits per heavy atom. The molecule has 2 aromatic rings. The summed E-state index contributed by atoms with van der Waals surface area (Å²) in [7, 11) is 0. The normalized spacial score (nSPS) is 30.4. The highest BCUT2D eigenvalue weighted by Crippen LogP contribution is 2.36. The fraction of sp³-hybridized carbons (Fsp3) is 0.722. The summed E-state index contributed by atoms with van der Waals surface area (Å²) in [6, 6.07) is 4.14. The van der Waals surface area contributed by atoms with E-state index in [0.717, 1.165) is 62.9 Å². The van der Waals surface area contributed by atoms with Crippen LogP contribution < -0.4 is 10.2 Å². The van der Waals surface area contributed by atoms with Gasteiger partial charge in [0.05, 0.1) is 0 Å². The van der Waals surface area contributed by atoms with Gasteiger partial charge in [0.1, 0.15) is 11.9 Å². The van der Waals surface area contributed by atoms with Crippen LogP contribution >= 0.6 is 0 Å². The summed E-state index contributed by atoms with van der Waals surface area (Å²) in [6.45, 7) is 5.27. The predicted octanol–water partition coefficient (Wildman–Crippen LogP) is 1.95. The van der Waals surface area contributed by atoms with Crippen molar-refractivity contribution < 1.29 is 4.74 Å². The first-order valence-corrected chi connectivity index (χ1v) is 9.63. The van der Waals surface area contributed by atoms with Crippen LogP contribution in [-0.2, 0) is 4.74 Å². The van der Waals surface area contributed by atoms with Crippen molar-refractivity contribution in [3.05, 3.63) is 18.0 Å². The van der Waals surface area contributed by atoms with Crippen LogP contribution in [0.5, 0.6) is 0 Å². The summed E-state index contributed by atoms with van der Waals surface area (Å²) in [6.07, 6.45) is 7.28. The van der Waals surface area contributed by atoms with Crippen LogP contribution in [0.2, 0.25) is 0 Å². The summed E-state index contributed by atoms with van der Waals surface area (Å²) in [5.41, 5.74) is 1.22. The first-order valence-electron chi connectivity index (χ1n) is 9.63. The molecule has 1 N–H and O–H groups in total. The fourth-order valence-corrected chi connectivity index (χ4v) is 4.65. The van der Waals surface area contributed by atoms with Gasteiger partial charge < -0.3 is 15.0 Å². The average molecular weight is 342 g/mol. The van der Waals surface area contributed by atoms with Gasteiger partial charge in [-0.15, -0.1) is 15.3 Å². The second kappa shape index (κ2) is 6.21. The highest BCUT2D eigenvalue weighted by molar-refractivity contribution is 5.46. The topological polar surface area (TPSA) is 67.6 Å². The van der Waals surface area contributed by atoms with Crippen LogP contribution in [-0.4, -0.2) is 52.6 Å². The lowest BCUT2D eigenvalue weighted by atomic mass is 9.82. The lowest BCUT2D eigenvalue weighted by Crippen LogP contribution is -2.38. The molecule has 0 aromatic carbocycles. The maximum atomic E-state index is 5.80. The van der Waals surface area contributed by atoms with E-state index in [0.29, 0.717) is 5.41 Å². The zero-order chi connectivity index (χ0) is 16.7. The minimum Gasteiger partial charge on any atom is -0.370 e. The van der Waals surface area contributed by atoms with Gasteiger partial charge in [0, 0.05) is 31.7 Å². The Morgan fingerprint density at radius 3 is 3.00 bits per heavy atom. The van der Waals surface area contributed by atoms with Crippen molar-refractivity contribution in [2.75, 3.05) is 37.7 Å². The number of aromatic nitrogens is 4. The lowest BCUT2D eigenvalue weighted by molar-refractivity contribution is 0.103. The molecule has 2 unspecified atom stereocenters. The second-order valence-corrected chi connectivity index (χ2v) is 7.83. The molecule has 0 amide bonds. The van der Waals surface area contributed by atoms with Gasteiger partial charge in [0.2, 0.25) is 0 Å². The molecular weight excluding hydrogens is 316 g/mol. The average Bonchev–Trinajstić information content (AvgIpc) is 3.34. The summed E-state index contributed by atoms with van der Waals surface area (Å²) < 4.78 is 7.70. The van der Waals surface area contributed by atoms with Gasteiger partial charge in [-0.05, 0) is 50.8 Å². The predicted molar refractivity (Wildman–Crippen MR) is 94.7 cm³/mol. The van der Waals surface area contributed by atoms with Crippen molar-refractivity contribution in [2.45, 2.75) is 44.6 Å². The summed E-state index contributed by atoms with van der Waals surface area (Å²) in [5, 5.41) is 17.1. The minimum absolute atomic E-state index is 0.0345. The van der Waals surface area contributed by atoms with Crippen LogP contribution in [0.1, 0.15) is 50.5 Å². The maximum Gasteiger partial charge on any atom is 0.183 e. The van der Waals surface area contributed by atoms with E-state index in [1.54, 1.807) is 0 Å². The Hall–Kier alpha value is -1.73. The molecule has 3 fully saturated rings. The van der Waals surface area contributed by atoms with Crippen molar-refractivity contribution >= 4 is 11.5 Å². The van der Waals surface area contributed by atoms with Crippen LogP contribution in [0.3, 0.4) is 0 Å². The minimum atomic E-state index is 0.0345. The van der Waals surface area contributed by atoms with Gasteiger partial charge in [-0.25, -0.2) is 0 Å². The molecule has 5 rings (SSSR count). The molecule has 1 spiro atoms. The number of hydrogen-bond acceptors (Lipinski definition) is 6. The number of hydrogen-bond donors (Lipinski definition) is 1. The molecule has 134 valence electrons. The van der Waals surface area contributed by atoms with Crippen LogP contribution in [0.4, 0.5) is 5.82 Å². The van der Waals surface area contributed by atoms with E-state index in [1.165, 1.54) is 25.7 Å². The quantitative estimate of drug-likeness (QED) is 0.900. The zero-order valence-corrected chi connectivity index (χ0v) is 14.7. The van der Waals surface area contributed by atoms with Crippen molar-refractivity contribution in [1.29, 1.82) is 0 Å². The second-order valence-electron chi connectivity index (χ2n) is 7.83. The third-order valence-electron chi connectivity index (χ3n) is 6.06. The van der Waals surface area contributed by atoms with E-state index in [9.17, 15) is 0 Å². The van der Waals surface area contributed by atoms with Crippen LogP contribution in [0.25, 0.3) is 5.65 Å². The molecule has 0 saturated carbocycles. The maximum absolute atomic E-state index is 5.80. The number of nitrogens with one attached hydrogen (secondary N) is 1. The highest BCUT2D eigenvalue weighted by Gasteiger charge is 2.37. The third kappa shape index (κ3) is 2.79. The first kappa shape index (κ1) is 15.5. The van der Waals surface area contributed by atoms with E-state index in [2.05, 4.69) is 26.5 Å². The molecule has 3 saturated heterocycles. The molecule has 7 heteroatoms. The number of nitrogens with zero attached hydrogens (tertiary/aromatic N) is 5. The van der Waals surface area contributed by atoms with Gasteiger partial charge in [0.25, 0.3) is 0 Å². The van der Waals surface area contributed by atoms with Crippen molar-refractivity contribution in [2.24, 2.45) is 5.41 Å². The van der Waals surface area contributed by atoms with Gasteiger partial charge >= 0.3 is 0 Å². The smallest absolute Gasteiger partial charge is 0.183 e. The molecule has 0 bridgehead atoms. The Kier molecular flexibility index (Phi) is 3.86. The van der Waals surface area contributed by atoms with Crippen molar-refractivity contribution in [1.82, 2.24) is 25.1 Å². The Labute approximate surface area is 147 Å². The monoisotopic (exact) mass is 342 g/mol. The third-order valence-corrected chi connectivity index (χ3v) is 6.06. The van der Waals surface area contributed by atoms with E-state index >= 15 is 0 Å². The zero-order valence-electron chi connectivity index (χ0n) is 14.7. The van der Waals surface area contributed by atoms with E-state index in [4.69, 9.17) is 9.84 Å². The molecule has 3 aliphatic heterocycles. The molecule has 2 aromatic heterocycles. The number of anilines is 1. The number of rotatable bonds is 2. The highest BCUT2D eigenvalue weighted by atomic mass is 16.5. The van der Waals surface area contributed by atoms with Gasteiger partial charge in [-0.2, -0.15) is 4.52 Å². The van der Waals surface area contributed by atoms with E-state index in [-0.39, 0.29) is 6.10 Å². The molecule has 5 heterocycles. The molecule has 25 heavy (non-hydrogen) atoms. The fourth-order valence-electron chi connectivity index (χ4n) is 4.65. The summed E-state index contributed by atoms with van der Waals surface area (Å²) >= 11 is 0. The molecule has 0 radical (unpaired) electrons. The Balaban J connectivity index is 1.48. The van der Waals surface area contributed by atoms with Crippen molar-refractivity contribution in [3.63, 3.8) is 0 Å².